The molecule has 20 heavy (non-hydrogen) atoms. The first-order chi connectivity index (χ1) is 9.24. The van der Waals surface area contributed by atoms with Crippen molar-refractivity contribution in [3.63, 3.8) is 0 Å². The number of nitrogens with one attached hydrogen (secondary N) is 1. The highest BCUT2D eigenvalue weighted by atomic mass is 32.2. The van der Waals surface area contributed by atoms with Crippen molar-refractivity contribution < 1.29 is 22.3 Å². The van der Waals surface area contributed by atoms with Gasteiger partial charge >= 0.3 is 16.0 Å². The molecule has 112 valence electrons. The standard InChI is InChI=1S/C13H18FNO4S/c1-4-19-13(16)9(2)10-5-6-11(12(14)7-10)8-15-20(3,17)18/h5-7,9H,4,8H2,1-3H3,(H,15,17,18)/p+1. The van der Waals surface area contributed by atoms with Crippen LogP contribution in [-0.4, -0.2) is 27.2 Å². The van der Waals surface area contributed by atoms with E-state index in [9.17, 15) is 13.4 Å². The second-order valence-electron chi connectivity index (χ2n) is 4.45. The zero-order valence-corrected chi connectivity index (χ0v) is 12.5. The van der Waals surface area contributed by atoms with Crippen molar-refractivity contribution in [1.82, 2.24) is 4.72 Å². The lowest BCUT2D eigenvalue weighted by molar-refractivity contribution is -0.144. The second-order valence-corrected chi connectivity index (χ2v) is 6.34. The Morgan fingerprint density at radius 3 is 2.70 bits per heavy atom. The average molecular weight is 304 g/mol. The summed E-state index contributed by atoms with van der Waals surface area (Å²) in [6.45, 7) is 3.55. The molecular formula is C13H19FNO4S+. The van der Waals surface area contributed by atoms with Crippen LogP contribution in [0.25, 0.3) is 0 Å². The molecule has 0 aromatic heterocycles. The van der Waals surface area contributed by atoms with Crippen molar-refractivity contribution in [2.24, 2.45) is 0 Å². The molecule has 2 atom stereocenters. The Morgan fingerprint density at radius 1 is 1.55 bits per heavy atom. The quantitative estimate of drug-likeness (QED) is 0.642. The van der Waals surface area contributed by atoms with Crippen molar-refractivity contribution in [3.8, 4) is 0 Å². The first kappa shape index (κ1) is 16.6. The van der Waals surface area contributed by atoms with E-state index in [2.05, 4.69) is 4.72 Å². The Morgan fingerprint density at radius 2 is 2.20 bits per heavy atom. The molecule has 1 rings (SSSR count). The van der Waals surface area contributed by atoms with Gasteiger partial charge in [-0.25, -0.2) is 8.60 Å². The molecule has 1 aromatic rings. The van der Waals surface area contributed by atoms with Gasteiger partial charge in [-0.1, -0.05) is 12.1 Å². The van der Waals surface area contributed by atoms with Crippen LogP contribution in [0.5, 0.6) is 0 Å². The molecule has 0 spiro atoms. The van der Waals surface area contributed by atoms with E-state index in [-0.39, 0.29) is 18.7 Å². The molecule has 0 saturated heterocycles. The number of carbonyl (C=O) groups excluding carboxylic acids is 1. The molecule has 5 nitrogen and oxygen atoms in total. The maximum Gasteiger partial charge on any atom is 0.340 e. The lowest BCUT2D eigenvalue weighted by Gasteiger charge is -2.12. The lowest BCUT2D eigenvalue weighted by Crippen LogP contribution is -2.21. The summed E-state index contributed by atoms with van der Waals surface area (Å²) in [7, 11) is -3.13. The summed E-state index contributed by atoms with van der Waals surface area (Å²) in [6, 6.07) is 4.34. The fourth-order valence-corrected chi connectivity index (χ4v) is 2.01. The summed E-state index contributed by atoms with van der Waals surface area (Å²) < 4.78 is 41.2. The van der Waals surface area contributed by atoms with Crippen molar-refractivity contribution in [3.05, 3.63) is 35.1 Å². The molecule has 0 aliphatic rings. The van der Waals surface area contributed by atoms with Gasteiger partial charge in [0.2, 0.25) is 0 Å². The van der Waals surface area contributed by atoms with Gasteiger partial charge in [-0.2, -0.15) is 8.93 Å². The molecule has 0 aliphatic carbocycles. The van der Waals surface area contributed by atoms with Crippen LogP contribution in [0.15, 0.2) is 18.2 Å². The Hall–Kier alpha value is -1.47. The molecule has 0 heterocycles. The molecule has 1 aromatic carbocycles. The SMILES string of the molecule is CCOC(=O)C(C)c1ccc(CNS(C)(=O)=[OH+])c(F)c1. The van der Waals surface area contributed by atoms with Crippen LogP contribution < -0.4 is 4.72 Å². The van der Waals surface area contributed by atoms with Gasteiger partial charge in [-0.3, -0.25) is 4.79 Å². The summed E-state index contributed by atoms with van der Waals surface area (Å²) in [6.07, 6.45) is 1.11. The molecule has 0 saturated carbocycles. The fraction of sp³-hybridized carbons (Fsp3) is 0.462. The molecule has 0 aliphatic heterocycles. The highest BCUT2D eigenvalue weighted by Gasteiger charge is 2.18. The molecule has 0 radical (unpaired) electrons. The number of hydrogen-bond acceptors (Lipinski definition) is 3. The van der Waals surface area contributed by atoms with Gasteiger partial charge < -0.3 is 4.74 Å². The number of benzene rings is 1. The van der Waals surface area contributed by atoms with Crippen LogP contribution in [0.3, 0.4) is 0 Å². The first-order valence-corrected chi connectivity index (χ1v) is 8.08. The Bertz CT molecular complexity index is 586. The topological polar surface area (TPSA) is 76.8 Å². The van der Waals surface area contributed by atoms with Gasteiger partial charge in [0, 0.05) is 12.1 Å². The minimum absolute atomic E-state index is 0.0638. The van der Waals surface area contributed by atoms with Gasteiger partial charge in [-0.15, -0.1) is 0 Å². The smallest absolute Gasteiger partial charge is 0.340 e. The normalized spacial score (nSPS) is 15.4. The Balaban J connectivity index is 2.85. The van der Waals surface area contributed by atoms with E-state index in [1.54, 1.807) is 19.9 Å². The van der Waals surface area contributed by atoms with E-state index < -0.39 is 27.7 Å². The van der Waals surface area contributed by atoms with Crippen LogP contribution in [0.1, 0.15) is 30.9 Å². The summed E-state index contributed by atoms with van der Waals surface area (Å²) in [5, 5.41) is 0. The second kappa shape index (κ2) is 6.81. The van der Waals surface area contributed by atoms with Gasteiger partial charge in [-0.05, 0) is 25.5 Å². The largest absolute Gasteiger partial charge is 0.466 e. The predicted molar refractivity (Wildman–Crippen MR) is 74.3 cm³/mol. The number of ether oxygens (including phenoxy) is 1. The van der Waals surface area contributed by atoms with E-state index >= 15 is 0 Å². The highest BCUT2D eigenvalue weighted by molar-refractivity contribution is 7.88. The van der Waals surface area contributed by atoms with E-state index in [4.69, 9.17) is 8.95 Å². The van der Waals surface area contributed by atoms with Crippen LogP contribution in [0, 0.1) is 5.82 Å². The summed E-state index contributed by atoms with van der Waals surface area (Å²) in [5.74, 6) is -1.50. The third kappa shape index (κ3) is 4.90. The van der Waals surface area contributed by atoms with Gasteiger partial charge in [0.1, 0.15) is 12.1 Å². The van der Waals surface area contributed by atoms with Crippen molar-refractivity contribution >= 4 is 16.0 Å². The minimum atomic E-state index is -3.13. The molecule has 2 N–H and O–H groups in total. The molecule has 2 unspecified atom stereocenters. The lowest BCUT2D eigenvalue weighted by atomic mass is 9.99. The number of rotatable bonds is 6. The summed E-state index contributed by atoms with van der Waals surface area (Å²) in [5.41, 5.74) is 0.763. The zero-order chi connectivity index (χ0) is 15.3. The van der Waals surface area contributed by atoms with Gasteiger partial charge in [0.05, 0.1) is 12.5 Å². The van der Waals surface area contributed by atoms with Crippen molar-refractivity contribution in [2.45, 2.75) is 26.3 Å². The Kier molecular flexibility index (Phi) is 5.64. The predicted octanol–water partition coefficient (Wildman–Crippen LogP) is 1.70. The summed E-state index contributed by atoms with van der Waals surface area (Å²) in [4.78, 5) is 11.6. The van der Waals surface area contributed by atoms with E-state index in [1.165, 1.54) is 12.1 Å². The number of halogens is 1. The van der Waals surface area contributed by atoms with Crippen molar-refractivity contribution in [1.29, 1.82) is 0 Å². The number of esters is 1. The third-order valence-electron chi connectivity index (χ3n) is 2.75. The van der Waals surface area contributed by atoms with E-state index in [0.29, 0.717) is 5.56 Å². The highest BCUT2D eigenvalue weighted by Crippen LogP contribution is 2.20. The van der Waals surface area contributed by atoms with Crippen LogP contribution in [-0.2, 0) is 26.1 Å². The first-order valence-electron chi connectivity index (χ1n) is 6.15. The molecule has 7 heteroatoms. The van der Waals surface area contributed by atoms with Crippen LogP contribution >= 0.6 is 0 Å². The van der Waals surface area contributed by atoms with Crippen LogP contribution in [0.4, 0.5) is 4.39 Å². The maximum absolute atomic E-state index is 13.9. The maximum atomic E-state index is 13.9. The monoisotopic (exact) mass is 304 g/mol. The van der Waals surface area contributed by atoms with Gasteiger partial charge in [0.15, 0.2) is 0 Å². The van der Waals surface area contributed by atoms with Crippen molar-refractivity contribution in [2.75, 3.05) is 12.9 Å². The fourth-order valence-electron chi connectivity index (χ4n) is 1.59. The van der Waals surface area contributed by atoms with E-state index in [0.717, 1.165) is 6.26 Å². The molecular weight excluding hydrogens is 285 g/mol. The number of hydrogen-bond donors (Lipinski definition) is 1. The Labute approximate surface area is 118 Å². The molecule has 0 bridgehead atoms. The van der Waals surface area contributed by atoms with Gasteiger partial charge in [0.25, 0.3) is 0 Å². The zero-order valence-electron chi connectivity index (χ0n) is 11.7. The summed E-state index contributed by atoms with van der Waals surface area (Å²) >= 11 is 0. The molecule has 0 fully saturated rings. The minimum Gasteiger partial charge on any atom is -0.466 e. The molecule has 0 amide bonds. The average Bonchev–Trinajstić information content (AvgIpc) is 2.35. The third-order valence-corrected chi connectivity index (χ3v) is 3.43. The number of carbonyl (C=O) groups is 1. The van der Waals surface area contributed by atoms with E-state index in [1.807, 2.05) is 0 Å². The van der Waals surface area contributed by atoms with Crippen LogP contribution in [0.2, 0.25) is 0 Å².